The zero-order valence-electron chi connectivity index (χ0n) is 17.4. The largest absolute Gasteiger partial charge is 0.478 e. The lowest BCUT2D eigenvalue weighted by Gasteiger charge is -2.27. The lowest BCUT2D eigenvalue weighted by atomic mass is 10.0. The number of rotatable bonds is 10. The van der Waals surface area contributed by atoms with Gasteiger partial charge >= 0.3 is 5.97 Å². The Labute approximate surface area is 183 Å². The maximum atomic E-state index is 10.5. The first-order valence-electron chi connectivity index (χ1n) is 10.4. The third kappa shape index (κ3) is 6.08. The second-order valence-electron chi connectivity index (χ2n) is 7.47. The minimum Gasteiger partial charge on any atom is -0.478 e. The number of nitrogens with one attached hydrogen (secondary N) is 1. The van der Waals surface area contributed by atoms with Crippen LogP contribution in [0, 0.1) is 0 Å². The molecule has 0 atom stereocenters. The maximum Gasteiger partial charge on any atom is 0.328 e. The van der Waals surface area contributed by atoms with Crippen LogP contribution < -0.4 is 10.2 Å². The van der Waals surface area contributed by atoms with Crippen LogP contribution in [0.15, 0.2) is 48.6 Å². The Kier molecular flexibility index (Phi) is 8.31. The van der Waals surface area contributed by atoms with Crippen LogP contribution in [0.5, 0.6) is 0 Å². The summed E-state index contributed by atoms with van der Waals surface area (Å²) in [4.78, 5) is 12.9. The Hall–Kier alpha value is -2.34. The number of hydrogen-bond acceptors (Lipinski definition) is 4. The molecule has 1 heterocycles. The molecule has 30 heavy (non-hydrogen) atoms. The van der Waals surface area contributed by atoms with Crippen molar-refractivity contribution in [3.8, 4) is 0 Å². The first-order valence-corrected chi connectivity index (χ1v) is 10.7. The second kappa shape index (κ2) is 11.2. The summed E-state index contributed by atoms with van der Waals surface area (Å²) in [6, 6.07) is 12.8. The van der Waals surface area contributed by atoms with Gasteiger partial charge in [-0.25, -0.2) is 4.79 Å². The van der Waals surface area contributed by atoms with E-state index in [2.05, 4.69) is 40.5 Å². The molecule has 0 saturated heterocycles. The zero-order valence-corrected chi connectivity index (χ0v) is 18.1. The van der Waals surface area contributed by atoms with Crippen LogP contribution in [-0.2, 0) is 29.0 Å². The number of carbonyl (C=O) groups is 1. The number of benzene rings is 2. The average Bonchev–Trinajstić information content (AvgIpc) is 2.86. The van der Waals surface area contributed by atoms with Crippen molar-refractivity contribution in [3.63, 3.8) is 0 Å². The first-order chi connectivity index (χ1) is 14.6. The lowest BCUT2D eigenvalue weighted by Crippen LogP contribution is -2.22. The number of methoxy groups -OCH3 is 1. The summed E-state index contributed by atoms with van der Waals surface area (Å²) in [5, 5.41) is 12.6. The second-order valence-corrected chi connectivity index (χ2v) is 7.91. The van der Waals surface area contributed by atoms with Gasteiger partial charge in [-0.05, 0) is 67.1 Å². The summed E-state index contributed by atoms with van der Waals surface area (Å²) in [5.41, 5.74) is 6.29. The van der Waals surface area contributed by atoms with Crippen molar-refractivity contribution < 1.29 is 14.6 Å². The van der Waals surface area contributed by atoms with Crippen LogP contribution >= 0.6 is 11.6 Å². The van der Waals surface area contributed by atoms with Gasteiger partial charge in [-0.1, -0.05) is 35.9 Å². The van der Waals surface area contributed by atoms with E-state index < -0.39 is 5.97 Å². The van der Waals surface area contributed by atoms with Crippen LogP contribution in [0.2, 0.25) is 5.02 Å². The number of ether oxygens (including phenoxy) is 1. The Morgan fingerprint density at radius 2 is 2.00 bits per heavy atom. The number of anilines is 2. The van der Waals surface area contributed by atoms with E-state index in [-0.39, 0.29) is 0 Å². The van der Waals surface area contributed by atoms with Gasteiger partial charge in [0, 0.05) is 42.7 Å². The van der Waals surface area contributed by atoms with Gasteiger partial charge in [0.15, 0.2) is 0 Å². The number of nitrogens with zero attached hydrogens (tertiary/aromatic N) is 1. The van der Waals surface area contributed by atoms with Crippen molar-refractivity contribution in [2.75, 3.05) is 31.6 Å². The number of fused-ring (bicyclic) bond motifs is 2. The number of carboxylic acids is 1. The third-order valence-electron chi connectivity index (χ3n) is 5.26. The van der Waals surface area contributed by atoms with Gasteiger partial charge in [-0.15, -0.1) is 0 Å². The van der Waals surface area contributed by atoms with E-state index in [0.29, 0.717) is 13.2 Å². The van der Waals surface area contributed by atoms with E-state index >= 15 is 0 Å². The molecule has 5 nitrogen and oxygen atoms in total. The average molecular weight is 429 g/mol. The highest BCUT2D eigenvalue weighted by Gasteiger charge is 2.21. The molecule has 2 aromatic carbocycles. The summed E-state index contributed by atoms with van der Waals surface area (Å²) in [7, 11) is 1.72. The monoisotopic (exact) mass is 428 g/mol. The molecule has 0 radical (unpaired) electrons. The predicted molar refractivity (Wildman–Crippen MR) is 122 cm³/mol. The molecule has 0 aromatic heterocycles. The van der Waals surface area contributed by atoms with Gasteiger partial charge in [0.1, 0.15) is 0 Å². The van der Waals surface area contributed by atoms with E-state index in [1.54, 1.807) is 13.2 Å². The van der Waals surface area contributed by atoms with Crippen molar-refractivity contribution in [1.82, 2.24) is 5.32 Å². The summed E-state index contributed by atoms with van der Waals surface area (Å²) < 4.78 is 5.31. The van der Waals surface area contributed by atoms with E-state index in [0.717, 1.165) is 43.8 Å². The van der Waals surface area contributed by atoms with Crippen LogP contribution in [0.3, 0.4) is 0 Å². The van der Waals surface area contributed by atoms with Gasteiger partial charge in [0.2, 0.25) is 0 Å². The van der Waals surface area contributed by atoms with Gasteiger partial charge in [-0.3, -0.25) is 0 Å². The zero-order chi connectivity index (χ0) is 21.3. The van der Waals surface area contributed by atoms with E-state index in [1.165, 1.54) is 34.1 Å². The molecule has 0 fully saturated rings. The van der Waals surface area contributed by atoms with Gasteiger partial charge in [-0.2, -0.15) is 0 Å². The van der Waals surface area contributed by atoms with Crippen molar-refractivity contribution in [2.45, 2.75) is 32.3 Å². The van der Waals surface area contributed by atoms with Crippen molar-refractivity contribution in [3.05, 3.63) is 70.3 Å². The standard InChI is InChI=1S/C24H29ClN2O3/c1-30-17-18-6-11-22-20(15-18)8-7-19-9-10-21(25)16-23(19)27(22)14-3-2-12-26-13-4-5-24(28)29/h4-6,9-11,15-16,26H,2-3,7-8,12-14,17H2,1H3,(H,28,29). The van der Waals surface area contributed by atoms with Crippen molar-refractivity contribution >= 4 is 28.9 Å². The molecule has 2 N–H and O–H groups in total. The fraction of sp³-hybridized carbons (Fsp3) is 0.375. The highest BCUT2D eigenvalue weighted by Crippen LogP contribution is 2.38. The van der Waals surface area contributed by atoms with Gasteiger partial charge in [0.05, 0.1) is 6.61 Å². The number of unbranched alkanes of at least 4 members (excludes halogenated alkanes) is 1. The third-order valence-corrected chi connectivity index (χ3v) is 5.49. The molecule has 1 aliphatic rings. The molecule has 0 unspecified atom stereocenters. The molecule has 0 spiro atoms. The van der Waals surface area contributed by atoms with Crippen LogP contribution in [-0.4, -0.2) is 37.8 Å². The summed E-state index contributed by atoms with van der Waals surface area (Å²) in [5.74, 6) is -0.914. The SMILES string of the molecule is COCc1ccc2c(c1)CCc1ccc(Cl)cc1N2CCCCNCC=CC(=O)O. The highest BCUT2D eigenvalue weighted by atomic mass is 35.5. The molecule has 0 aliphatic carbocycles. The van der Waals surface area contributed by atoms with Crippen LogP contribution in [0.25, 0.3) is 0 Å². The predicted octanol–water partition coefficient (Wildman–Crippen LogP) is 4.73. The van der Waals surface area contributed by atoms with Crippen LogP contribution in [0.1, 0.15) is 29.5 Å². The molecule has 3 rings (SSSR count). The van der Waals surface area contributed by atoms with Crippen LogP contribution in [0.4, 0.5) is 11.4 Å². The van der Waals surface area contributed by atoms with Gasteiger partial charge < -0.3 is 20.1 Å². The first kappa shape index (κ1) is 22.3. The number of halogens is 1. The molecule has 0 bridgehead atoms. The topological polar surface area (TPSA) is 61.8 Å². The molecule has 0 amide bonds. The highest BCUT2D eigenvalue weighted by molar-refractivity contribution is 6.30. The minimum absolute atomic E-state index is 0.569. The quantitative estimate of drug-likeness (QED) is 0.423. The van der Waals surface area contributed by atoms with Crippen molar-refractivity contribution in [1.29, 1.82) is 0 Å². The lowest BCUT2D eigenvalue weighted by molar-refractivity contribution is -0.131. The molecular weight excluding hydrogens is 400 g/mol. The Bertz CT molecular complexity index is 898. The minimum atomic E-state index is -0.914. The maximum absolute atomic E-state index is 10.5. The Balaban J connectivity index is 1.70. The number of carboxylic acid groups (broad SMARTS) is 1. The van der Waals surface area contributed by atoms with E-state index in [1.807, 2.05) is 6.07 Å². The Morgan fingerprint density at radius 3 is 2.80 bits per heavy atom. The molecule has 6 heteroatoms. The number of aryl methyl sites for hydroxylation is 2. The molecule has 1 aliphatic heterocycles. The molecular formula is C24H29ClN2O3. The summed E-state index contributed by atoms with van der Waals surface area (Å²) in [6.07, 6.45) is 6.80. The summed E-state index contributed by atoms with van der Waals surface area (Å²) >= 11 is 6.34. The summed E-state index contributed by atoms with van der Waals surface area (Å²) in [6.45, 7) is 2.93. The Morgan fingerprint density at radius 1 is 1.17 bits per heavy atom. The van der Waals surface area contributed by atoms with Gasteiger partial charge in [0.25, 0.3) is 0 Å². The normalized spacial score (nSPS) is 13.2. The number of aliphatic carboxylic acids is 1. The molecule has 0 saturated carbocycles. The smallest absolute Gasteiger partial charge is 0.328 e. The fourth-order valence-corrected chi connectivity index (χ4v) is 4.03. The van der Waals surface area contributed by atoms with E-state index in [4.69, 9.17) is 21.4 Å². The molecule has 2 aromatic rings. The van der Waals surface area contributed by atoms with Crippen molar-refractivity contribution in [2.24, 2.45) is 0 Å². The van der Waals surface area contributed by atoms with E-state index in [9.17, 15) is 4.79 Å². The number of hydrogen-bond donors (Lipinski definition) is 2. The molecule has 160 valence electrons. The fourth-order valence-electron chi connectivity index (χ4n) is 3.86.